The molecule has 62 valence electrons. The van der Waals surface area contributed by atoms with Gasteiger partial charge in [0.2, 0.25) is 0 Å². The van der Waals surface area contributed by atoms with E-state index in [-0.39, 0.29) is 0 Å². The summed E-state index contributed by atoms with van der Waals surface area (Å²) in [4.78, 5) is 8.58. The van der Waals surface area contributed by atoms with Crippen molar-refractivity contribution in [3.8, 4) is 0 Å². The van der Waals surface area contributed by atoms with Gasteiger partial charge in [0, 0.05) is 31.5 Å². The number of hydrogen-bond donors (Lipinski definition) is 1. The zero-order chi connectivity index (χ0) is 8.69. The van der Waals surface area contributed by atoms with E-state index in [0.29, 0.717) is 0 Å². The molecule has 0 atom stereocenters. The molecule has 1 heterocycles. The summed E-state index contributed by atoms with van der Waals surface area (Å²) in [7, 11) is 3.25. The number of hydrogen-bond acceptors (Lipinski definition) is 4. The summed E-state index contributed by atoms with van der Waals surface area (Å²) in [6, 6.07) is 0. The van der Waals surface area contributed by atoms with E-state index in [1.54, 1.807) is 26.6 Å². The van der Waals surface area contributed by atoms with Crippen LogP contribution in [0.3, 0.4) is 0 Å². The Morgan fingerprint density at radius 1 is 1.27 bits per heavy atom. The zero-order valence-corrected chi connectivity index (χ0v) is 7.80. The number of methoxy groups -OCH3 is 1. The van der Waals surface area contributed by atoms with Crippen molar-refractivity contribution in [1.82, 2.24) is 9.97 Å². The Hall–Kier alpha value is -0.610. The summed E-state index contributed by atoms with van der Waals surface area (Å²) in [5, 5.41) is 0. The van der Waals surface area contributed by atoms with E-state index in [2.05, 4.69) is 27.3 Å². The SMILES string of the molecule is COC.Cc1ncc(S)cn1. The van der Waals surface area contributed by atoms with Crippen LogP contribution in [0.1, 0.15) is 5.82 Å². The standard InChI is InChI=1S/C5H6N2S.C2H6O/c1-4-6-2-5(8)3-7-4;1-3-2/h2-3,8H,1H3;1-2H3. The van der Waals surface area contributed by atoms with E-state index in [9.17, 15) is 0 Å². The first-order valence-corrected chi connectivity index (χ1v) is 3.53. The first kappa shape index (κ1) is 10.4. The molecule has 0 aliphatic heterocycles. The van der Waals surface area contributed by atoms with Crippen molar-refractivity contribution in [3.63, 3.8) is 0 Å². The van der Waals surface area contributed by atoms with E-state index in [1.165, 1.54) is 0 Å². The lowest BCUT2D eigenvalue weighted by atomic mass is 10.6. The fourth-order valence-electron chi connectivity index (χ4n) is 0.386. The molecule has 0 N–H and O–H groups in total. The summed E-state index contributed by atoms with van der Waals surface area (Å²) >= 11 is 4.01. The lowest BCUT2D eigenvalue weighted by molar-refractivity contribution is 0.277. The maximum absolute atomic E-state index is 4.25. The van der Waals surface area contributed by atoms with Gasteiger partial charge in [-0.1, -0.05) is 0 Å². The molecular formula is C7H12N2OS. The van der Waals surface area contributed by atoms with E-state index in [0.717, 1.165) is 10.7 Å². The lowest BCUT2D eigenvalue weighted by Gasteiger charge is -1.87. The summed E-state index contributed by atoms with van der Waals surface area (Å²) in [5.74, 6) is 0.780. The van der Waals surface area contributed by atoms with Gasteiger partial charge in [-0.25, -0.2) is 9.97 Å². The minimum atomic E-state index is 0.780. The van der Waals surface area contributed by atoms with Crippen LogP contribution in [0.4, 0.5) is 0 Å². The third-order valence-electron chi connectivity index (χ3n) is 0.767. The minimum absolute atomic E-state index is 0.780. The molecule has 0 aliphatic rings. The molecule has 11 heavy (non-hydrogen) atoms. The second-order valence-electron chi connectivity index (χ2n) is 1.90. The van der Waals surface area contributed by atoms with Crippen LogP contribution in [0.2, 0.25) is 0 Å². The van der Waals surface area contributed by atoms with Crippen LogP contribution in [0, 0.1) is 6.92 Å². The quantitative estimate of drug-likeness (QED) is 0.600. The first-order chi connectivity index (χ1) is 5.20. The van der Waals surface area contributed by atoms with Crippen LogP contribution in [0.5, 0.6) is 0 Å². The van der Waals surface area contributed by atoms with Crippen molar-refractivity contribution in [2.75, 3.05) is 14.2 Å². The fraction of sp³-hybridized carbons (Fsp3) is 0.429. The Morgan fingerprint density at radius 3 is 1.91 bits per heavy atom. The van der Waals surface area contributed by atoms with Crippen molar-refractivity contribution >= 4 is 12.6 Å². The predicted octanol–water partition coefficient (Wildman–Crippen LogP) is 1.34. The monoisotopic (exact) mass is 172 g/mol. The molecule has 0 radical (unpaired) electrons. The molecule has 0 saturated carbocycles. The molecule has 0 amide bonds. The predicted molar refractivity (Wildman–Crippen MR) is 47.0 cm³/mol. The summed E-state index contributed by atoms with van der Waals surface area (Å²) in [5.41, 5.74) is 0. The zero-order valence-electron chi connectivity index (χ0n) is 6.90. The van der Waals surface area contributed by atoms with E-state index in [4.69, 9.17) is 0 Å². The molecule has 0 unspecified atom stereocenters. The number of rotatable bonds is 0. The maximum atomic E-state index is 4.25. The second kappa shape index (κ2) is 6.12. The van der Waals surface area contributed by atoms with Crippen LogP contribution in [-0.2, 0) is 4.74 Å². The highest BCUT2D eigenvalue weighted by atomic mass is 32.1. The molecule has 0 saturated heterocycles. The Balaban J connectivity index is 0.000000292. The molecule has 0 fully saturated rings. The second-order valence-corrected chi connectivity index (χ2v) is 2.41. The van der Waals surface area contributed by atoms with E-state index in [1.807, 2.05) is 6.92 Å². The van der Waals surface area contributed by atoms with Gasteiger partial charge < -0.3 is 4.74 Å². The molecule has 0 spiro atoms. The molecule has 1 aromatic rings. The molecule has 1 rings (SSSR count). The number of ether oxygens (including phenoxy) is 1. The van der Waals surface area contributed by atoms with Gasteiger partial charge in [0.05, 0.1) is 0 Å². The highest BCUT2D eigenvalue weighted by molar-refractivity contribution is 7.80. The Labute approximate surface area is 72.2 Å². The average Bonchev–Trinajstić information content (AvgIpc) is 1.97. The van der Waals surface area contributed by atoms with Gasteiger partial charge in [-0.15, -0.1) is 12.6 Å². The Kier molecular flexibility index (Phi) is 5.78. The van der Waals surface area contributed by atoms with Gasteiger partial charge in [0.25, 0.3) is 0 Å². The van der Waals surface area contributed by atoms with Crippen LogP contribution >= 0.6 is 12.6 Å². The van der Waals surface area contributed by atoms with Gasteiger partial charge in [-0.3, -0.25) is 0 Å². The van der Waals surface area contributed by atoms with Gasteiger partial charge in [-0.2, -0.15) is 0 Å². The first-order valence-electron chi connectivity index (χ1n) is 3.08. The van der Waals surface area contributed by atoms with Crippen molar-refractivity contribution in [2.45, 2.75) is 11.8 Å². The smallest absolute Gasteiger partial charge is 0.125 e. The summed E-state index contributed by atoms with van der Waals surface area (Å²) < 4.78 is 4.25. The molecular weight excluding hydrogens is 160 g/mol. The highest BCUT2D eigenvalue weighted by Crippen LogP contribution is 1.98. The molecule has 0 aromatic carbocycles. The van der Waals surface area contributed by atoms with Gasteiger partial charge in [0.1, 0.15) is 5.82 Å². The van der Waals surface area contributed by atoms with Crippen LogP contribution in [-0.4, -0.2) is 24.2 Å². The fourth-order valence-corrected chi connectivity index (χ4v) is 0.501. The van der Waals surface area contributed by atoms with Gasteiger partial charge in [0.15, 0.2) is 0 Å². The summed E-state index contributed by atoms with van der Waals surface area (Å²) in [6.45, 7) is 1.84. The third-order valence-corrected chi connectivity index (χ3v) is 0.998. The van der Waals surface area contributed by atoms with Gasteiger partial charge in [-0.05, 0) is 6.92 Å². The molecule has 0 aliphatic carbocycles. The van der Waals surface area contributed by atoms with E-state index >= 15 is 0 Å². The highest BCUT2D eigenvalue weighted by Gasteiger charge is 1.83. The van der Waals surface area contributed by atoms with Gasteiger partial charge >= 0.3 is 0 Å². The average molecular weight is 172 g/mol. The normalized spacial score (nSPS) is 8.36. The topological polar surface area (TPSA) is 35.0 Å². The van der Waals surface area contributed by atoms with Crippen molar-refractivity contribution < 1.29 is 4.74 Å². The van der Waals surface area contributed by atoms with Crippen molar-refractivity contribution in [1.29, 1.82) is 0 Å². The van der Waals surface area contributed by atoms with E-state index < -0.39 is 0 Å². The number of nitrogens with zero attached hydrogens (tertiary/aromatic N) is 2. The third kappa shape index (κ3) is 5.82. The number of aromatic nitrogens is 2. The van der Waals surface area contributed by atoms with Crippen LogP contribution in [0.25, 0.3) is 0 Å². The Bertz CT molecular complexity index is 167. The molecule has 0 bridgehead atoms. The van der Waals surface area contributed by atoms with Crippen molar-refractivity contribution in [2.24, 2.45) is 0 Å². The van der Waals surface area contributed by atoms with Crippen LogP contribution < -0.4 is 0 Å². The molecule has 1 aromatic heterocycles. The van der Waals surface area contributed by atoms with Crippen molar-refractivity contribution in [3.05, 3.63) is 18.2 Å². The summed E-state index contributed by atoms with van der Waals surface area (Å²) in [6.07, 6.45) is 3.34. The lowest BCUT2D eigenvalue weighted by Crippen LogP contribution is -1.83. The number of thiol groups is 1. The van der Waals surface area contributed by atoms with Crippen LogP contribution in [0.15, 0.2) is 17.3 Å². The minimum Gasteiger partial charge on any atom is -0.388 e. The largest absolute Gasteiger partial charge is 0.388 e. The number of aryl methyl sites for hydroxylation is 1. The molecule has 3 nitrogen and oxygen atoms in total. The molecule has 4 heteroatoms. The maximum Gasteiger partial charge on any atom is 0.125 e. The Morgan fingerprint density at radius 2 is 1.64 bits per heavy atom.